The second-order valence-electron chi connectivity index (χ2n) is 17.9. The lowest BCUT2D eigenvalue weighted by Crippen LogP contribution is -2.48. The van der Waals surface area contributed by atoms with Gasteiger partial charge in [-0.05, 0) is 60.0 Å². The van der Waals surface area contributed by atoms with Gasteiger partial charge < -0.3 is 0 Å². The molecule has 4 aromatic carbocycles. The maximum absolute atomic E-state index is 3.01. The summed E-state index contributed by atoms with van der Waals surface area (Å²) in [6, 6.07) is 48.7. The minimum atomic E-state index is -1.61. The summed E-state index contributed by atoms with van der Waals surface area (Å²) in [5.74, 6) is 0. The third-order valence-corrected chi connectivity index (χ3v) is 30.3. The van der Waals surface area contributed by atoms with Crippen LogP contribution >= 0.6 is 16.1 Å². The van der Waals surface area contributed by atoms with Crippen LogP contribution in [0.4, 0.5) is 0 Å². The van der Waals surface area contributed by atoms with E-state index in [9.17, 15) is 0 Å². The summed E-state index contributed by atoms with van der Waals surface area (Å²) < 4.78 is 3.01. The average Bonchev–Trinajstić information content (AvgIpc) is 3.24. The van der Waals surface area contributed by atoms with Gasteiger partial charge in [-0.25, -0.2) is 4.44 Å². The fourth-order valence-electron chi connectivity index (χ4n) is 9.51. The Morgan fingerprint density at radius 3 is 0.931 bits per heavy atom. The third kappa shape index (κ3) is 12.6. The molecule has 4 rings (SSSR count). The lowest BCUT2D eigenvalue weighted by Gasteiger charge is -2.43. The number of rotatable bonds is 27. The zero-order valence-corrected chi connectivity index (χ0v) is 42.7. The molecule has 5 heteroatoms. The molecule has 0 amide bonds. The first-order chi connectivity index (χ1) is 28.1. The molecule has 0 N–H and O–H groups in total. The molecule has 0 aliphatic rings. The number of hydrogen-bond acceptors (Lipinski definition) is 1. The molecule has 0 spiro atoms. The van der Waals surface area contributed by atoms with Crippen LogP contribution in [0.5, 0.6) is 0 Å². The molecule has 0 heterocycles. The highest BCUT2D eigenvalue weighted by molar-refractivity contribution is 7.84. The van der Waals surface area contributed by atoms with Crippen LogP contribution in [0.1, 0.15) is 144 Å². The summed E-state index contributed by atoms with van der Waals surface area (Å²) in [5.41, 5.74) is 2.82. The van der Waals surface area contributed by atoms with Crippen molar-refractivity contribution in [3.8, 4) is 0 Å². The van der Waals surface area contributed by atoms with Crippen LogP contribution in [0.2, 0.25) is 36.3 Å². The minimum absolute atomic E-state index is 0.357. The van der Waals surface area contributed by atoms with Crippen molar-refractivity contribution in [1.82, 2.24) is 4.44 Å². The molecule has 0 aliphatic carbocycles. The summed E-state index contributed by atoms with van der Waals surface area (Å²) >= 11 is 0. The molecular weight excluding hydrogens is 769 g/mol. The number of unbranched alkanes of at least 4 members (excludes halogenated alkanes) is 6. The first kappa shape index (κ1) is 48.8. The van der Waals surface area contributed by atoms with Crippen LogP contribution in [0.15, 0.2) is 97.1 Å². The number of nitrogens with zero attached hydrogens (tertiary/aromatic N) is 1. The second-order valence-corrected chi connectivity index (χ2v) is 31.6. The van der Waals surface area contributed by atoms with Gasteiger partial charge >= 0.3 is 0 Å². The van der Waals surface area contributed by atoms with Crippen LogP contribution in [0, 0.1) is 13.8 Å². The summed E-state index contributed by atoms with van der Waals surface area (Å²) in [4.78, 5) is 0. The van der Waals surface area contributed by atoms with Crippen molar-refractivity contribution in [1.29, 1.82) is 0 Å². The monoisotopic (exact) mass is 852 g/mol. The Bertz CT molecular complexity index is 1570. The first-order valence-electron chi connectivity index (χ1n) is 23.9. The van der Waals surface area contributed by atoms with Crippen molar-refractivity contribution >= 4 is 63.9 Å². The first-order valence-corrected chi connectivity index (χ1v) is 31.7. The van der Waals surface area contributed by atoms with E-state index in [0.29, 0.717) is 6.04 Å². The number of hydrogen-bond donors (Lipinski definition) is 0. The van der Waals surface area contributed by atoms with Crippen molar-refractivity contribution in [2.24, 2.45) is 0 Å². The standard InChI is InChI=1S/C53H83NP2Si2/c1-11-17-39-57(40-18-12-2,41-19-13-3)50-35-31-48(32-36-50)55(52-29-25-23-27-46(52)9)54(45(7)8)56(53-30-26-24-28-47(53)10)49-33-37-51(38-34-49)58(42-20-14-4,43-21-15-5)44-22-16-6/h23-38,45H,11-22,39-44H2,1-10H3. The molecular formula is C53H83NP2Si2. The quantitative estimate of drug-likeness (QED) is 0.0427. The van der Waals surface area contributed by atoms with E-state index >= 15 is 0 Å². The van der Waals surface area contributed by atoms with Gasteiger partial charge in [0.15, 0.2) is 0 Å². The average molecular weight is 852 g/mol. The van der Waals surface area contributed by atoms with E-state index in [2.05, 4.69) is 171 Å². The van der Waals surface area contributed by atoms with Crippen molar-refractivity contribution in [3.05, 3.63) is 108 Å². The molecule has 318 valence electrons. The molecule has 0 saturated carbocycles. The van der Waals surface area contributed by atoms with Crippen LogP contribution in [0.3, 0.4) is 0 Å². The molecule has 2 unspecified atom stereocenters. The maximum atomic E-state index is 3.01. The molecule has 0 aliphatic heterocycles. The molecule has 0 aromatic heterocycles. The maximum Gasteiger partial charge on any atom is 0.0867 e. The fourth-order valence-corrected chi connectivity index (χ4v) is 27.1. The molecule has 0 fully saturated rings. The van der Waals surface area contributed by atoms with E-state index in [1.54, 1.807) is 10.4 Å². The SMILES string of the molecule is CCCC[Si](CCCC)(CCCC)c1ccc(P(c2ccccc2C)N(C(C)C)P(c2ccc([Si](CCCC)(CCCC)CCCC)cc2)c2ccccc2C)cc1. The Hall–Kier alpha value is -1.87. The molecule has 4 aromatic rings. The predicted molar refractivity (Wildman–Crippen MR) is 274 cm³/mol. The van der Waals surface area contributed by atoms with Gasteiger partial charge in [0, 0.05) is 22.2 Å². The zero-order chi connectivity index (χ0) is 42.0. The van der Waals surface area contributed by atoms with Gasteiger partial charge in [0.25, 0.3) is 0 Å². The molecule has 58 heavy (non-hydrogen) atoms. The molecule has 0 bridgehead atoms. The zero-order valence-electron chi connectivity index (χ0n) is 38.9. The van der Waals surface area contributed by atoms with Gasteiger partial charge in [0.2, 0.25) is 0 Å². The summed E-state index contributed by atoms with van der Waals surface area (Å²) in [6.07, 6.45) is 16.0. The summed E-state index contributed by atoms with van der Waals surface area (Å²) in [5, 5.41) is 9.48. The largest absolute Gasteiger partial charge is 0.242 e. The lowest BCUT2D eigenvalue weighted by atomic mass is 10.2. The van der Waals surface area contributed by atoms with Crippen molar-refractivity contribution in [2.75, 3.05) is 0 Å². The van der Waals surface area contributed by atoms with Gasteiger partial charge in [-0.2, -0.15) is 0 Å². The predicted octanol–water partition coefficient (Wildman–Crippen LogP) is 14.5. The minimum Gasteiger partial charge on any atom is -0.242 e. The van der Waals surface area contributed by atoms with Gasteiger partial charge in [-0.15, -0.1) is 0 Å². The fraction of sp³-hybridized carbons (Fsp3) is 0.547. The van der Waals surface area contributed by atoms with E-state index in [0.717, 1.165) is 0 Å². The molecule has 1 nitrogen and oxygen atoms in total. The number of aryl methyl sites for hydroxylation is 2. The van der Waals surface area contributed by atoms with Crippen LogP contribution < -0.4 is 31.6 Å². The van der Waals surface area contributed by atoms with Gasteiger partial charge in [0.05, 0.1) is 16.1 Å². The Balaban J connectivity index is 1.94. The molecule has 2 atom stereocenters. The Labute approximate surface area is 363 Å². The molecule has 0 radical (unpaired) electrons. The van der Waals surface area contributed by atoms with E-state index in [4.69, 9.17) is 0 Å². The second kappa shape index (κ2) is 25.2. The van der Waals surface area contributed by atoms with Gasteiger partial charge in [0.1, 0.15) is 0 Å². The lowest BCUT2D eigenvalue weighted by molar-refractivity contribution is 0.583. The Morgan fingerprint density at radius 2 is 0.690 bits per heavy atom. The number of benzene rings is 4. The summed E-state index contributed by atoms with van der Waals surface area (Å²) in [7, 11) is -4.87. The van der Waals surface area contributed by atoms with Crippen molar-refractivity contribution < 1.29 is 0 Å². The highest BCUT2D eigenvalue weighted by Gasteiger charge is 2.38. The normalized spacial score (nSPS) is 13.4. The van der Waals surface area contributed by atoms with Crippen LogP contribution in [-0.2, 0) is 0 Å². The highest BCUT2D eigenvalue weighted by Crippen LogP contribution is 2.56. The van der Waals surface area contributed by atoms with Crippen molar-refractivity contribution in [2.45, 2.75) is 189 Å². The molecule has 0 saturated heterocycles. The topological polar surface area (TPSA) is 3.24 Å². The third-order valence-electron chi connectivity index (χ3n) is 13.1. The highest BCUT2D eigenvalue weighted by atomic mass is 31.2. The Morgan fingerprint density at radius 1 is 0.414 bits per heavy atom. The van der Waals surface area contributed by atoms with Gasteiger partial charge in [-0.1, -0.05) is 262 Å². The van der Waals surface area contributed by atoms with E-state index in [-0.39, 0.29) is 0 Å². The van der Waals surface area contributed by atoms with E-state index < -0.39 is 32.3 Å². The van der Waals surface area contributed by atoms with Crippen molar-refractivity contribution in [3.63, 3.8) is 0 Å². The van der Waals surface area contributed by atoms with Gasteiger partial charge in [-0.3, -0.25) is 0 Å². The van der Waals surface area contributed by atoms with Crippen LogP contribution in [-0.4, -0.2) is 26.6 Å². The summed E-state index contributed by atoms with van der Waals surface area (Å²) in [6.45, 7) is 24.0. The van der Waals surface area contributed by atoms with E-state index in [1.165, 1.54) is 146 Å². The Kier molecular flexibility index (Phi) is 21.2. The van der Waals surface area contributed by atoms with E-state index in [1.807, 2.05) is 0 Å². The van der Waals surface area contributed by atoms with Crippen LogP contribution in [0.25, 0.3) is 0 Å². The smallest absolute Gasteiger partial charge is 0.0867 e.